The van der Waals surface area contributed by atoms with E-state index in [1.165, 1.54) is 18.9 Å². The molecule has 0 aromatic rings. The Bertz CT molecular complexity index is 213. The van der Waals surface area contributed by atoms with Crippen LogP contribution in [0.25, 0.3) is 0 Å². The summed E-state index contributed by atoms with van der Waals surface area (Å²) >= 11 is 0. The van der Waals surface area contributed by atoms with E-state index >= 15 is 0 Å². The molecule has 1 saturated heterocycles. The van der Waals surface area contributed by atoms with Crippen LogP contribution >= 0.6 is 0 Å². The molecule has 1 aliphatic heterocycles. The van der Waals surface area contributed by atoms with Gasteiger partial charge in [0.2, 0.25) is 0 Å². The molecule has 1 radical (unpaired) electrons. The molecular formula is C11H27O3Si3. The fraction of sp³-hybridized carbons (Fsp3) is 1.00. The lowest BCUT2D eigenvalue weighted by molar-refractivity contribution is 0.0366. The van der Waals surface area contributed by atoms with Gasteiger partial charge in [-0.15, -0.1) is 0 Å². The molecule has 0 spiro atoms. The summed E-state index contributed by atoms with van der Waals surface area (Å²) in [4.78, 5) is 0. The summed E-state index contributed by atoms with van der Waals surface area (Å²) in [6, 6.07) is 1.17. The van der Waals surface area contributed by atoms with Crippen molar-refractivity contribution in [2.75, 3.05) is 6.61 Å². The van der Waals surface area contributed by atoms with Gasteiger partial charge in [-0.05, 0) is 51.7 Å². The molecular weight excluding hydrogens is 264 g/mol. The first-order valence-electron chi connectivity index (χ1n) is 6.51. The molecule has 0 aromatic carbocycles. The van der Waals surface area contributed by atoms with E-state index in [-0.39, 0.29) is 5.91 Å². The highest BCUT2D eigenvalue weighted by Gasteiger charge is 2.36. The Balaban J connectivity index is 2.63. The van der Waals surface area contributed by atoms with Crippen LogP contribution in [0.3, 0.4) is 0 Å². The molecule has 101 valence electrons. The van der Waals surface area contributed by atoms with E-state index < -0.39 is 25.7 Å². The van der Waals surface area contributed by atoms with E-state index in [2.05, 4.69) is 39.3 Å². The molecule has 1 rings (SSSR count). The second-order valence-electron chi connectivity index (χ2n) is 6.56. The van der Waals surface area contributed by atoms with Crippen molar-refractivity contribution in [3.63, 3.8) is 0 Å². The van der Waals surface area contributed by atoms with Gasteiger partial charge in [-0.1, -0.05) is 6.42 Å². The maximum Gasteiger partial charge on any atom is 0.273 e. The average molecular weight is 292 g/mol. The summed E-state index contributed by atoms with van der Waals surface area (Å²) in [5.41, 5.74) is 0. The zero-order valence-electron chi connectivity index (χ0n) is 12.1. The fourth-order valence-electron chi connectivity index (χ4n) is 1.66. The highest BCUT2D eigenvalue weighted by molar-refractivity contribution is 6.72. The smallest absolute Gasteiger partial charge is 0.273 e. The van der Waals surface area contributed by atoms with Crippen molar-refractivity contribution in [1.82, 2.24) is 0 Å². The molecule has 1 aliphatic rings. The van der Waals surface area contributed by atoms with Gasteiger partial charge < -0.3 is 13.3 Å². The van der Waals surface area contributed by atoms with Crippen molar-refractivity contribution in [2.45, 2.75) is 64.1 Å². The van der Waals surface area contributed by atoms with Gasteiger partial charge in [0.25, 0.3) is 9.04 Å². The van der Waals surface area contributed by atoms with Gasteiger partial charge in [-0.3, -0.25) is 0 Å². The van der Waals surface area contributed by atoms with Gasteiger partial charge in [-0.2, -0.15) is 0 Å². The van der Waals surface area contributed by atoms with E-state index in [0.29, 0.717) is 0 Å². The van der Waals surface area contributed by atoms with Crippen LogP contribution in [0.15, 0.2) is 0 Å². The van der Waals surface area contributed by atoms with Crippen molar-refractivity contribution < 1.29 is 13.3 Å². The topological polar surface area (TPSA) is 27.7 Å². The highest BCUT2D eigenvalue weighted by atomic mass is 28.4. The molecule has 6 heteroatoms. The minimum absolute atomic E-state index is 0.0429. The lowest BCUT2D eigenvalue weighted by atomic mass is 10.4. The monoisotopic (exact) mass is 291 g/mol. The van der Waals surface area contributed by atoms with Crippen molar-refractivity contribution in [3.8, 4) is 0 Å². The SMILES string of the molecule is C[Si](C)(C)OC(O[Si](C)(C)C)[Si]1CCCCO1. The Hall–Kier alpha value is 0.531. The third kappa shape index (κ3) is 6.88. The van der Waals surface area contributed by atoms with Crippen LogP contribution < -0.4 is 0 Å². The third-order valence-electron chi connectivity index (χ3n) is 2.29. The number of hydrogen-bond acceptors (Lipinski definition) is 3. The average Bonchev–Trinajstić information content (AvgIpc) is 2.14. The first-order valence-corrected chi connectivity index (χ1v) is 15.0. The number of rotatable bonds is 5. The molecule has 0 amide bonds. The van der Waals surface area contributed by atoms with E-state index in [4.69, 9.17) is 13.3 Å². The molecule has 0 saturated carbocycles. The van der Waals surface area contributed by atoms with Gasteiger partial charge in [0, 0.05) is 6.61 Å². The lowest BCUT2D eigenvalue weighted by Gasteiger charge is -2.36. The number of hydrogen-bond donors (Lipinski definition) is 0. The predicted octanol–water partition coefficient (Wildman–Crippen LogP) is 3.36. The van der Waals surface area contributed by atoms with Crippen LogP contribution in [-0.2, 0) is 13.3 Å². The van der Waals surface area contributed by atoms with Gasteiger partial charge in [0.05, 0.1) is 0 Å². The maximum atomic E-state index is 6.22. The van der Waals surface area contributed by atoms with Gasteiger partial charge in [0.1, 0.15) is 0 Å². The Labute approximate surface area is 110 Å². The van der Waals surface area contributed by atoms with E-state index in [1.54, 1.807) is 0 Å². The second kappa shape index (κ2) is 6.12. The van der Waals surface area contributed by atoms with Crippen molar-refractivity contribution >= 4 is 25.7 Å². The van der Waals surface area contributed by atoms with Crippen LogP contribution in [0.4, 0.5) is 0 Å². The standard InChI is InChI=1S/C11H27O3Si3/c1-16(2,3)13-11(14-17(4,5)6)15-10-8-7-9-12-15/h11H,7-10H2,1-6H3. The molecule has 0 N–H and O–H groups in total. The first-order chi connectivity index (χ1) is 7.67. The molecule has 17 heavy (non-hydrogen) atoms. The summed E-state index contributed by atoms with van der Waals surface area (Å²) in [6.45, 7) is 14.2. The summed E-state index contributed by atoms with van der Waals surface area (Å²) in [6.07, 6.45) is 2.47. The van der Waals surface area contributed by atoms with E-state index in [9.17, 15) is 0 Å². The van der Waals surface area contributed by atoms with Crippen molar-refractivity contribution in [2.24, 2.45) is 0 Å². The minimum Gasteiger partial charge on any atom is -0.411 e. The quantitative estimate of drug-likeness (QED) is 0.574. The van der Waals surface area contributed by atoms with E-state index in [1.807, 2.05) is 0 Å². The zero-order chi connectivity index (χ0) is 13.1. The molecule has 1 heterocycles. The minimum atomic E-state index is -1.56. The normalized spacial score (nSPS) is 19.9. The van der Waals surface area contributed by atoms with Gasteiger partial charge in [-0.25, -0.2) is 0 Å². The Morgan fingerprint density at radius 3 is 1.82 bits per heavy atom. The second-order valence-corrected chi connectivity index (χ2v) is 17.7. The Morgan fingerprint density at radius 2 is 1.47 bits per heavy atom. The maximum absolute atomic E-state index is 6.22. The summed E-state index contributed by atoms with van der Waals surface area (Å²) in [5.74, 6) is -0.0429. The highest BCUT2D eigenvalue weighted by Crippen LogP contribution is 2.22. The summed E-state index contributed by atoms with van der Waals surface area (Å²) in [7, 11) is -4.05. The molecule has 1 fully saturated rings. The van der Waals surface area contributed by atoms with Gasteiger partial charge >= 0.3 is 0 Å². The first kappa shape index (κ1) is 15.6. The van der Waals surface area contributed by atoms with Crippen LogP contribution in [0, 0.1) is 0 Å². The van der Waals surface area contributed by atoms with Gasteiger partial charge in [0.15, 0.2) is 22.5 Å². The van der Waals surface area contributed by atoms with E-state index in [0.717, 1.165) is 6.61 Å². The largest absolute Gasteiger partial charge is 0.411 e. The predicted molar refractivity (Wildman–Crippen MR) is 78.4 cm³/mol. The summed E-state index contributed by atoms with van der Waals surface area (Å²) < 4.78 is 18.4. The Kier molecular flexibility index (Phi) is 5.61. The molecule has 0 bridgehead atoms. The van der Waals surface area contributed by atoms with Crippen LogP contribution in [0.5, 0.6) is 0 Å². The lowest BCUT2D eigenvalue weighted by Crippen LogP contribution is -2.50. The zero-order valence-corrected chi connectivity index (χ0v) is 15.1. The van der Waals surface area contributed by atoms with Crippen LogP contribution in [0.1, 0.15) is 12.8 Å². The molecule has 0 unspecified atom stereocenters. The Morgan fingerprint density at radius 1 is 0.941 bits per heavy atom. The molecule has 3 nitrogen and oxygen atoms in total. The van der Waals surface area contributed by atoms with Crippen molar-refractivity contribution in [1.29, 1.82) is 0 Å². The molecule has 0 aromatic heterocycles. The third-order valence-corrected chi connectivity index (χ3v) is 6.79. The fourth-order valence-corrected chi connectivity index (χ4v) is 7.83. The summed E-state index contributed by atoms with van der Waals surface area (Å²) in [5, 5.41) is 0. The molecule has 0 aliphatic carbocycles. The van der Waals surface area contributed by atoms with Crippen LogP contribution in [0.2, 0.25) is 45.3 Å². The molecule has 0 atom stereocenters. The van der Waals surface area contributed by atoms with Crippen LogP contribution in [-0.4, -0.2) is 38.2 Å². The van der Waals surface area contributed by atoms with Crippen molar-refractivity contribution in [3.05, 3.63) is 0 Å².